The number of thiazole rings is 1. The van der Waals surface area contributed by atoms with E-state index in [2.05, 4.69) is 4.98 Å². The molecule has 1 aromatic heterocycles. The van der Waals surface area contributed by atoms with Crippen molar-refractivity contribution in [1.82, 2.24) is 4.98 Å². The summed E-state index contributed by atoms with van der Waals surface area (Å²) in [5, 5.41) is 12.8. The minimum atomic E-state index is -0.662. The van der Waals surface area contributed by atoms with E-state index in [1.54, 1.807) is 11.3 Å². The Kier molecular flexibility index (Phi) is 5.90. The Bertz CT molecular complexity index is 297. The fraction of sp³-hybridized carbons (Fsp3) is 0.727. The van der Waals surface area contributed by atoms with E-state index < -0.39 is 12.4 Å². The number of aliphatic hydroxyl groups is 1. The van der Waals surface area contributed by atoms with Gasteiger partial charge in [-0.3, -0.25) is 0 Å². The summed E-state index contributed by atoms with van der Waals surface area (Å²) < 4.78 is 10.7. The highest BCUT2D eigenvalue weighted by molar-refractivity contribution is 7.09. The smallest absolute Gasteiger partial charge is 0.183 e. The van der Waals surface area contributed by atoms with Gasteiger partial charge in [0.25, 0.3) is 0 Å². The molecule has 0 aromatic carbocycles. The molecule has 0 saturated heterocycles. The molecule has 1 atom stereocenters. The molecule has 1 N–H and O–H groups in total. The van der Waals surface area contributed by atoms with E-state index in [1.807, 2.05) is 26.2 Å². The minimum Gasteiger partial charge on any atom is -0.387 e. The van der Waals surface area contributed by atoms with Crippen LogP contribution in [-0.2, 0) is 15.9 Å². The summed E-state index contributed by atoms with van der Waals surface area (Å²) >= 11 is 1.55. The zero-order chi connectivity index (χ0) is 12.0. The van der Waals surface area contributed by atoms with Crippen LogP contribution in [0.4, 0.5) is 0 Å². The molecular formula is C11H19NO3S. The molecule has 16 heavy (non-hydrogen) atoms. The zero-order valence-electron chi connectivity index (χ0n) is 9.97. The highest BCUT2D eigenvalue weighted by atomic mass is 32.1. The Morgan fingerprint density at radius 3 is 2.44 bits per heavy atom. The lowest BCUT2D eigenvalue weighted by Gasteiger charge is -2.21. The van der Waals surface area contributed by atoms with Crippen LogP contribution in [0.15, 0.2) is 5.38 Å². The normalized spacial score (nSPS) is 13.3. The average molecular weight is 245 g/mol. The van der Waals surface area contributed by atoms with E-state index in [0.717, 1.165) is 10.7 Å². The molecule has 92 valence electrons. The molecule has 0 spiro atoms. The Balaban J connectivity index is 2.50. The molecule has 0 aliphatic carbocycles. The lowest BCUT2D eigenvalue weighted by Crippen LogP contribution is -2.33. The van der Waals surface area contributed by atoms with Crippen LogP contribution in [0, 0.1) is 6.92 Å². The molecule has 0 amide bonds. The standard InChI is InChI=1S/C11H19NO3S/c1-4-14-11(15-5-2)9(13)6-10-12-8(3)7-16-10/h7,9,11,13H,4-6H2,1-3H3. The van der Waals surface area contributed by atoms with Gasteiger partial charge < -0.3 is 14.6 Å². The fourth-order valence-corrected chi connectivity index (χ4v) is 2.19. The Morgan fingerprint density at radius 2 is 2.00 bits per heavy atom. The first-order valence-corrected chi connectivity index (χ1v) is 6.37. The third-order valence-corrected chi connectivity index (χ3v) is 3.02. The molecule has 0 aliphatic rings. The molecule has 4 nitrogen and oxygen atoms in total. The van der Waals surface area contributed by atoms with Crippen molar-refractivity contribution in [2.24, 2.45) is 0 Å². The van der Waals surface area contributed by atoms with Gasteiger partial charge in [-0.1, -0.05) is 0 Å². The fourth-order valence-electron chi connectivity index (χ4n) is 1.37. The monoisotopic (exact) mass is 245 g/mol. The van der Waals surface area contributed by atoms with E-state index in [4.69, 9.17) is 9.47 Å². The molecule has 1 aromatic rings. The third-order valence-electron chi connectivity index (χ3n) is 2.03. The van der Waals surface area contributed by atoms with Crippen molar-refractivity contribution in [3.8, 4) is 0 Å². The van der Waals surface area contributed by atoms with Gasteiger partial charge in [-0.05, 0) is 20.8 Å². The van der Waals surface area contributed by atoms with Gasteiger partial charge >= 0.3 is 0 Å². The number of hydrogen-bond acceptors (Lipinski definition) is 5. The first-order valence-electron chi connectivity index (χ1n) is 5.49. The second-order valence-electron chi connectivity index (χ2n) is 3.43. The summed E-state index contributed by atoms with van der Waals surface area (Å²) in [5.41, 5.74) is 0.983. The van der Waals surface area contributed by atoms with Crippen molar-refractivity contribution in [3.05, 3.63) is 16.1 Å². The average Bonchev–Trinajstić information content (AvgIpc) is 2.63. The Hall–Kier alpha value is -0.490. The molecule has 0 saturated carbocycles. The maximum absolute atomic E-state index is 9.95. The largest absolute Gasteiger partial charge is 0.387 e. The summed E-state index contributed by atoms with van der Waals surface area (Å²) in [4.78, 5) is 4.30. The predicted molar refractivity (Wildman–Crippen MR) is 63.6 cm³/mol. The van der Waals surface area contributed by atoms with E-state index in [0.29, 0.717) is 19.6 Å². The lowest BCUT2D eigenvalue weighted by molar-refractivity contribution is -0.188. The number of aryl methyl sites for hydroxylation is 1. The van der Waals surface area contributed by atoms with E-state index in [9.17, 15) is 5.11 Å². The van der Waals surface area contributed by atoms with Crippen molar-refractivity contribution in [2.75, 3.05) is 13.2 Å². The second-order valence-corrected chi connectivity index (χ2v) is 4.38. The number of nitrogens with zero attached hydrogens (tertiary/aromatic N) is 1. The van der Waals surface area contributed by atoms with Crippen LogP contribution in [0.2, 0.25) is 0 Å². The van der Waals surface area contributed by atoms with Gasteiger partial charge in [0.15, 0.2) is 6.29 Å². The lowest BCUT2D eigenvalue weighted by atomic mass is 10.2. The number of aromatic nitrogens is 1. The third kappa shape index (κ3) is 4.17. The number of rotatable bonds is 7. The molecule has 5 heteroatoms. The molecule has 0 fully saturated rings. The quantitative estimate of drug-likeness (QED) is 0.744. The molecule has 0 radical (unpaired) electrons. The van der Waals surface area contributed by atoms with Crippen molar-refractivity contribution in [2.45, 2.75) is 39.6 Å². The first kappa shape index (κ1) is 13.6. The van der Waals surface area contributed by atoms with Gasteiger partial charge in [0.05, 0.1) is 5.01 Å². The van der Waals surface area contributed by atoms with Gasteiger partial charge in [0, 0.05) is 30.7 Å². The van der Waals surface area contributed by atoms with Crippen molar-refractivity contribution in [3.63, 3.8) is 0 Å². The Morgan fingerprint density at radius 1 is 1.38 bits per heavy atom. The van der Waals surface area contributed by atoms with Crippen LogP contribution in [-0.4, -0.2) is 35.7 Å². The summed E-state index contributed by atoms with van der Waals surface area (Å²) in [6.45, 7) is 6.75. The number of aliphatic hydroxyl groups excluding tert-OH is 1. The van der Waals surface area contributed by atoms with Gasteiger partial charge in [-0.15, -0.1) is 11.3 Å². The highest BCUT2D eigenvalue weighted by Gasteiger charge is 2.21. The van der Waals surface area contributed by atoms with Gasteiger partial charge in [0.2, 0.25) is 0 Å². The summed E-state index contributed by atoms with van der Waals surface area (Å²) in [6.07, 6.45) is -0.743. The van der Waals surface area contributed by atoms with Crippen LogP contribution in [0.25, 0.3) is 0 Å². The highest BCUT2D eigenvalue weighted by Crippen LogP contribution is 2.14. The first-order chi connectivity index (χ1) is 7.67. The minimum absolute atomic E-state index is 0.475. The van der Waals surface area contributed by atoms with Crippen molar-refractivity contribution in [1.29, 1.82) is 0 Å². The van der Waals surface area contributed by atoms with Crippen LogP contribution >= 0.6 is 11.3 Å². The second kappa shape index (κ2) is 6.96. The van der Waals surface area contributed by atoms with Gasteiger partial charge in [-0.2, -0.15) is 0 Å². The van der Waals surface area contributed by atoms with E-state index >= 15 is 0 Å². The zero-order valence-corrected chi connectivity index (χ0v) is 10.8. The predicted octanol–water partition coefficient (Wildman–Crippen LogP) is 1.75. The Labute approximate surface area is 100 Å². The van der Waals surface area contributed by atoms with Gasteiger partial charge in [0.1, 0.15) is 6.10 Å². The summed E-state index contributed by atoms with van der Waals surface area (Å²) in [7, 11) is 0. The summed E-state index contributed by atoms with van der Waals surface area (Å²) in [5.74, 6) is 0. The number of ether oxygens (including phenoxy) is 2. The maximum atomic E-state index is 9.95. The van der Waals surface area contributed by atoms with Crippen LogP contribution in [0.3, 0.4) is 0 Å². The summed E-state index contributed by atoms with van der Waals surface area (Å²) in [6, 6.07) is 0. The van der Waals surface area contributed by atoms with E-state index in [1.165, 1.54) is 0 Å². The van der Waals surface area contributed by atoms with Crippen molar-refractivity contribution < 1.29 is 14.6 Å². The molecule has 0 aliphatic heterocycles. The topological polar surface area (TPSA) is 51.6 Å². The molecule has 1 heterocycles. The van der Waals surface area contributed by atoms with E-state index in [-0.39, 0.29) is 0 Å². The van der Waals surface area contributed by atoms with Gasteiger partial charge in [-0.25, -0.2) is 4.98 Å². The number of hydrogen-bond donors (Lipinski definition) is 1. The molecular weight excluding hydrogens is 226 g/mol. The molecule has 1 unspecified atom stereocenters. The van der Waals surface area contributed by atoms with Crippen LogP contribution in [0.1, 0.15) is 24.5 Å². The van der Waals surface area contributed by atoms with Crippen molar-refractivity contribution >= 4 is 11.3 Å². The molecule has 1 rings (SSSR count). The van der Waals surface area contributed by atoms with Crippen LogP contribution < -0.4 is 0 Å². The SMILES string of the molecule is CCOC(OCC)C(O)Cc1nc(C)cs1. The van der Waals surface area contributed by atoms with Crippen LogP contribution in [0.5, 0.6) is 0 Å². The maximum Gasteiger partial charge on any atom is 0.183 e. The molecule has 0 bridgehead atoms.